The molecule has 1 fully saturated rings. The van der Waals surface area contributed by atoms with E-state index in [2.05, 4.69) is 10.3 Å². The molecular weight excluding hydrogens is 348 g/mol. The first-order valence-corrected chi connectivity index (χ1v) is 8.96. The zero-order valence-electron chi connectivity index (χ0n) is 13.2. The van der Waals surface area contributed by atoms with Gasteiger partial charge in [0.15, 0.2) is 6.10 Å². The lowest BCUT2D eigenvalue weighted by Gasteiger charge is -2.13. The van der Waals surface area contributed by atoms with Crippen molar-refractivity contribution in [2.24, 2.45) is 0 Å². The van der Waals surface area contributed by atoms with Crippen LogP contribution in [0.15, 0.2) is 24.3 Å². The predicted molar refractivity (Wildman–Crippen MR) is 93.4 cm³/mol. The van der Waals surface area contributed by atoms with E-state index in [9.17, 15) is 9.59 Å². The van der Waals surface area contributed by atoms with Crippen molar-refractivity contribution in [1.29, 1.82) is 0 Å². The van der Waals surface area contributed by atoms with Gasteiger partial charge in [-0.05, 0) is 38.3 Å². The van der Waals surface area contributed by atoms with Gasteiger partial charge in [0.2, 0.25) is 0 Å². The largest absolute Gasteiger partial charge is 0.448 e. The Morgan fingerprint density at radius 3 is 2.83 bits per heavy atom. The molecule has 1 aliphatic heterocycles. The van der Waals surface area contributed by atoms with Crippen LogP contribution in [-0.2, 0) is 9.53 Å². The molecule has 1 amide bonds. The van der Waals surface area contributed by atoms with Crippen LogP contribution in [0.2, 0.25) is 5.02 Å². The number of hydrogen-bond donors (Lipinski definition) is 1. The molecule has 1 N–H and O–H groups in total. The number of halogens is 1. The van der Waals surface area contributed by atoms with Crippen LogP contribution < -0.4 is 5.32 Å². The highest BCUT2D eigenvalue weighted by Gasteiger charge is 2.27. The van der Waals surface area contributed by atoms with E-state index in [1.165, 1.54) is 11.3 Å². The summed E-state index contributed by atoms with van der Waals surface area (Å²) in [5, 5.41) is 4.13. The monoisotopic (exact) mass is 364 g/mol. The number of thiazole rings is 1. The standard InChI is InChI=1S/C17H17ClN2O3S/c1-10-14(17(22)23-13-4-2-3-9-19-15(13)21)24-16(20-10)11-5-7-12(18)8-6-11/h5-8,13H,2-4,9H2,1H3,(H,19,21). The van der Waals surface area contributed by atoms with Crippen LogP contribution in [0.3, 0.4) is 0 Å². The van der Waals surface area contributed by atoms with Crippen LogP contribution in [0.25, 0.3) is 10.6 Å². The average molecular weight is 365 g/mol. The molecule has 24 heavy (non-hydrogen) atoms. The van der Waals surface area contributed by atoms with Gasteiger partial charge in [0, 0.05) is 17.1 Å². The van der Waals surface area contributed by atoms with Crippen LogP contribution in [0.5, 0.6) is 0 Å². The molecule has 2 aromatic rings. The highest BCUT2D eigenvalue weighted by molar-refractivity contribution is 7.17. The summed E-state index contributed by atoms with van der Waals surface area (Å²) in [4.78, 5) is 29.2. The highest BCUT2D eigenvalue weighted by Crippen LogP contribution is 2.29. The Labute approximate surface area is 149 Å². The van der Waals surface area contributed by atoms with Crippen molar-refractivity contribution in [3.63, 3.8) is 0 Å². The maximum Gasteiger partial charge on any atom is 0.351 e. The molecule has 2 heterocycles. The topological polar surface area (TPSA) is 68.3 Å². The van der Waals surface area contributed by atoms with Gasteiger partial charge in [-0.15, -0.1) is 11.3 Å². The number of carbonyl (C=O) groups is 2. The zero-order valence-corrected chi connectivity index (χ0v) is 14.7. The van der Waals surface area contributed by atoms with Crippen molar-refractivity contribution in [2.75, 3.05) is 6.54 Å². The summed E-state index contributed by atoms with van der Waals surface area (Å²) < 4.78 is 5.42. The summed E-state index contributed by atoms with van der Waals surface area (Å²) in [5.74, 6) is -0.715. The second-order valence-electron chi connectivity index (χ2n) is 5.62. The second-order valence-corrected chi connectivity index (χ2v) is 7.06. The number of aromatic nitrogens is 1. The number of aryl methyl sites for hydroxylation is 1. The molecule has 1 saturated heterocycles. The summed E-state index contributed by atoms with van der Waals surface area (Å²) in [5.41, 5.74) is 1.49. The molecule has 1 aromatic heterocycles. The maximum absolute atomic E-state index is 12.4. The van der Waals surface area contributed by atoms with E-state index in [4.69, 9.17) is 16.3 Å². The number of esters is 1. The molecule has 3 rings (SSSR count). The second kappa shape index (κ2) is 7.32. The zero-order chi connectivity index (χ0) is 17.1. The van der Waals surface area contributed by atoms with Crippen molar-refractivity contribution in [1.82, 2.24) is 10.3 Å². The SMILES string of the molecule is Cc1nc(-c2ccc(Cl)cc2)sc1C(=O)OC1CCCCNC1=O. The van der Waals surface area contributed by atoms with Crippen molar-refractivity contribution in [3.8, 4) is 10.6 Å². The molecule has 0 bridgehead atoms. The van der Waals surface area contributed by atoms with E-state index in [1.807, 2.05) is 12.1 Å². The number of hydrogen-bond acceptors (Lipinski definition) is 5. The smallest absolute Gasteiger partial charge is 0.351 e. The first kappa shape index (κ1) is 16.9. The molecule has 0 radical (unpaired) electrons. The van der Waals surface area contributed by atoms with Gasteiger partial charge in [0.05, 0.1) is 5.69 Å². The molecule has 1 unspecified atom stereocenters. The van der Waals surface area contributed by atoms with Gasteiger partial charge in [0.25, 0.3) is 5.91 Å². The van der Waals surface area contributed by atoms with Crippen molar-refractivity contribution < 1.29 is 14.3 Å². The molecule has 0 saturated carbocycles. The molecule has 1 aromatic carbocycles. The average Bonchev–Trinajstić information content (AvgIpc) is 2.84. The summed E-state index contributed by atoms with van der Waals surface area (Å²) >= 11 is 7.15. The molecular formula is C17H17ClN2O3S. The number of rotatable bonds is 3. The fourth-order valence-electron chi connectivity index (χ4n) is 2.51. The predicted octanol–water partition coefficient (Wildman–Crippen LogP) is 3.60. The number of carbonyl (C=O) groups excluding carboxylic acids is 2. The number of benzene rings is 1. The van der Waals surface area contributed by atoms with Crippen LogP contribution in [0, 0.1) is 6.92 Å². The Morgan fingerprint density at radius 2 is 2.08 bits per heavy atom. The van der Waals surface area contributed by atoms with E-state index in [0.717, 1.165) is 23.4 Å². The fourth-order valence-corrected chi connectivity index (χ4v) is 3.59. The minimum absolute atomic E-state index is 0.221. The number of amides is 1. The molecule has 5 nitrogen and oxygen atoms in total. The van der Waals surface area contributed by atoms with Gasteiger partial charge in [-0.2, -0.15) is 0 Å². The number of nitrogens with one attached hydrogen (secondary N) is 1. The van der Waals surface area contributed by atoms with E-state index < -0.39 is 12.1 Å². The number of nitrogens with zero attached hydrogens (tertiary/aromatic N) is 1. The lowest BCUT2D eigenvalue weighted by molar-refractivity contribution is -0.129. The van der Waals surface area contributed by atoms with E-state index >= 15 is 0 Å². The first-order chi connectivity index (χ1) is 11.5. The summed E-state index contributed by atoms with van der Waals surface area (Å²) in [6.45, 7) is 2.40. The Bertz CT molecular complexity index is 758. The third-order valence-electron chi connectivity index (χ3n) is 3.81. The first-order valence-electron chi connectivity index (χ1n) is 7.76. The minimum atomic E-state index is -0.722. The lowest BCUT2D eigenvalue weighted by Crippen LogP contribution is -2.36. The van der Waals surface area contributed by atoms with E-state index in [1.54, 1.807) is 19.1 Å². The third-order valence-corrected chi connectivity index (χ3v) is 5.25. The quantitative estimate of drug-likeness (QED) is 0.845. The Balaban J connectivity index is 1.77. The highest BCUT2D eigenvalue weighted by atomic mass is 35.5. The van der Waals surface area contributed by atoms with Crippen molar-refractivity contribution >= 4 is 34.8 Å². The fraction of sp³-hybridized carbons (Fsp3) is 0.353. The molecule has 7 heteroatoms. The van der Waals surface area contributed by atoms with E-state index in [-0.39, 0.29) is 5.91 Å². The van der Waals surface area contributed by atoms with Crippen LogP contribution in [-0.4, -0.2) is 29.5 Å². The summed E-state index contributed by atoms with van der Waals surface area (Å²) in [6.07, 6.45) is 1.59. The van der Waals surface area contributed by atoms with Crippen LogP contribution >= 0.6 is 22.9 Å². The van der Waals surface area contributed by atoms with Crippen LogP contribution in [0.4, 0.5) is 0 Å². The summed E-state index contributed by atoms with van der Waals surface area (Å²) in [6, 6.07) is 7.27. The Hall–Kier alpha value is -1.92. The van der Waals surface area contributed by atoms with Gasteiger partial charge < -0.3 is 10.1 Å². The van der Waals surface area contributed by atoms with E-state index in [0.29, 0.717) is 28.6 Å². The van der Waals surface area contributed by atoms with Crippen molar-refractivity contribution in [2.45, 2.75) is 32.3 Å². The van der Waals surface area contributed by atoms with Gasteiger partial charge in [0.1, 0.15) is 9.88 Å². The molecule has 0 aliphatic carbocycles. The van der Waals surface area contributed by atoms with Gasteiger partial charge >= 0.3 is 5.97 Å². The Morgan fingerprint density at radius 1 is 1.33 bits per heavy atom. The molecule has 1 atom stereocenters. The van der Waals surface area contributed by atoms with Crippen molar-refractivity contribution in [3.05, 3.63) is 39.9 Å². The van der Waals surface area contributed by atoms with Gasteiger partial charge in [-0.3, -0.25) is 4.79 Å². The number of ether oxygens (including phenoxy) is 1. The minimum Gasteiger partial charge on any atom is -0.448 e. The third kappa shape index (κ3) is 3.76. The Kier molecular flexibility index (Phi) is 5.16. The molecule has 0 spiro atoms. The maximum atomic E-state index is 12.4. The molecule has 1 aliphatic rings. The van der Waals surface area contributed by atoms with Gasteiger partial charge in [-0.25, -0.2) is 9.78 Å². The van der Waals surface area contributed by atoms with Gasteiger partial charge in [-0.1, -0.05) is 23.7 Å². The van der Waals surface area contributed by atoms with Crippen LogP contribution in [0.1, 0.15) is 34.6 Å². The molecule has 126 valence electrons. The summed E-state index contributed by atoms with van der Waals surface area (Å²) in [7, 11) is 0. The lowest BCUT2D eigenvalue weighted by atomic mass is 10.2. The normalized spacial score (nSPS) is 17.9.